The first-order chi connectivity index (χ1) is 19.7. The second-order valence-electron chi connectivity index (χ2n) is 10.1. The van der Waals surface area contributed by atoms with E-state index in [0.717, 1.165) is 0 Å². The molecule has 3 aliphatic rings. The summed E-state index contributed by atoms with van der Waals surface area (Å²) in [4.78, 5) is 11.9. The second-order valence-corrected chi connectivity index (χ2v) is 10.5. The fraction of sp³-hybridized carbons (Fsp3) is 0.957. The fourth-order valence-electron chi connectivity index (χ4n) is 4.21. The van der Waals surface area contributed by atoms with E-state index in [1.165, 1.54) is 0 Å². The van der Waals surface area contributed by atoms with Crippen LogP contribution >= 0.6 is 12.6 Å². The van der Waals surface area contributed by atoms with Gasteiger partial charge in [-0.2, -0.15) is 12.6 Å². The van der Waals surface area contributed by atoms with Crippen LogP contribution < -0.4 is 0 Å². The molecule has 3 saturated heterocycles. The molecule has 3 fully saturated rings. The van der Waals surface area contributed by atoms with Crippen LogP contribution in [0, 0.1) is 5.92 Å². The van der Waals surface area contributed by atoms with Gasteiger partial charge in [0.15, 0.2) is 12.6 Å². The third-order valence-electron chi connectivity index (χ3n) is 6.81. The first kappa shape index (κ1) is 37.4. The van der Waals surface area contributed by atoms with Crippen molar-refractivity contribution in [1.82, 2.24) is 0 Å². The lowest BCUT2D eigenvalue weighted by atomic mass is 9.93. The summed E-state index contributed by atoms with van der Waals surface area (Å²) in [5, 5.41) is 106. The minimum Gasteiger partial charge on any atom is -0.477 e. The Balaban J connectivity index is 0.000000928. The van der Waals surface area contributed by atoms with Gasteiger partial charge in [0.25, 0.3) is 5.79 Å². The molecule has 0 aromatic rings. The zero-order valence-electron chi connectivity index (χ0n) is 22.7. The Bertz CT molecular complexity index is 820. The van der Waals surface area contributed by atoms with Crippen LogP contribution in [0.2, 0.25) is 0 Å². The maximum atomic E-state index is 11.9. The summed E-state index contributed by atoms with van der Waals surface area (Å²) in [5.41, 5.74) is 0. The van der Waals surface area contributed by atoms with Gasteiger partial charge in [0, 0.05) is 18.1 Å². The molecule has 0 aliphatic carbocycles. The molecular formula is C23H42O18S. The van der Waals surface area contributed by atoms with Crippen molar-refractivity contribution in [2.45, 2.75) is 86.3 Å². The van der Waals surface area contributed by atoms with E-state index in [1.54, 1.807) is 6.92 Å². The average Bonchev–Trinajstić information content (AvgIpc) is 2.97. The van der Waals surface area contributed by atoms with Gasteiger partial charge in [-0.1, -0.05) is 6.92 Å². The number of aliphatic carboxylic acids is 1. The molecule has 42 heavy (non-hydrogen) atoms. The number of carboxylic acid groups (broad SMARTS) is 1. The Morgan fingerprint density at radius 3 is 2.19 bits per heavy atom. The van der Waals surface area contributed by atoms with Gasteiger partial charge in [-0.3, -0.25) is 0 Å². The summed E-state index contributed by atoms with van der Waals surface area (Å²) in [5.74, 6) is -7.16. The van der Waals surface area contributed by atoms with Gasteiger partial charge < -0.3 is 84.6 Å². The lowest BCUT2D eigenvalue weighted by Gasteiger charge is -2.49. The number of carboxylic acids is 1. The quantitative estimate of drug-likeness (QED) is 0.0740. The molecule has 18 nitrogen and oxygen atoms in total. The number of aliphatic hydroxyl groups excluding tert-OH is 9. The third-order valence-corrected chi connectivity index (χ3v) is 6.99. The average molecular weight is 639 g/mol. The predicted molar refractivity (Wildman–Crippen MR) is 137 cm³/mol. The Labute approximate surface area is 245 Å². The number of hydrogen-bond acceptors (Lipinski definition) is 18. The van der Waals surface area contributed by atoms with Gasteiger partial charge in [-0.25, -0.2) is 4.79 Å². The summed E-state index contributed by atoms with van der Waals surface area (Å²) in [6, 6.07) is 0. The molecule has 11 N–H and O–H groups in total. The van der Waals surface area contributed by atoms with Crippen molar-refractivity contribution < 1.29 is 89.4 Å². The molecule has 12 atom stereocenters. The van der Waals surface area contributed by atoms with E-state index in [-0.39, 0.29) is 26.4 Å². The minimum atomic E-state index is -2.80. The van der Waals surface area contributed by atoms with Crippen molar-refractivity contribution in [1.29, 1.82) is 0 Å². The van der Waals surface area contributed by atoms with E-state index < -0.39 is 105 Å². The highest BCUT2D eigenvalue weighted by Crippen LogP contribution is 2.38. The molecule has 0 radical (unpaired) electrons. The molecule has 0 saturated carbocycles. The van der Waals surface area contributed by atoms with Crippen molar-refractivity contribution in [3.8, 4) is 0 Å². The van der Waals surface area contributed by atoms with Gasteiger partial charge in [0.05, 0.1) is 39.1 Å². The highest BCUT2D eigenvalue weighted by Gasteiger charge is 2.59. The van der Waals surface area contributed by atoms with Gasteiger partial charge in [-0.15, -0.1) is 0 Å². The first-order valence-corrected chi connectivity index (χ1v) is 13.7. The predicted octanol–water partition coefficient (Wildman–Crippen LogP) is -5.93. The molecule has 0 amide bonds. The fourth-order valence-corrected chi connectivity index (χ4v) is 4.32. The normalized spacial score (nSPS) is 42.6. The van der Waals surface area contributed by atoms with Crippen LogP contribution in [0.3, 0.4) is 0 Å². The minimum absolute atomic E-state index is 0.0773. The smallest absolute Gasteiger partial charge is 0.364 e. The maximum Gasteiger partial charge on any atom is 0.364 e. The van der Waals surface area contributed by atoms with Gasteiger partial charge in [-0.05, 0) is 0 Å². The number of carbonyl (C=O) groups is 1. The monoisotopic (exact) mass is 638 g/mol. The lowest BCUT2D eigenvalue weighted by molar-refractivity contribution is -0.429. The number of hydrogen-bond donors (Lipinski definition) is 12. The molecule has 248 valence electrons. The Morgan fingerprint density at radius 2 is 1.69 bits per heavy atom. The molecule has 0 aromatic heterocycles. The molecule has 0 bridgehead atoms. The van der Waals surface area contributed by atoms with Crippen molar-refractivity contribution in [3.63, 3.8) is 0 Å². The molecule has 19 heteroatoms. The zero-order chi connectivity index (χ0) is 31.8. The second kappa shape index (κ2) is 16.5. The van der Waals surface area contributed by atoms with E-state index in [0.29, 0.717) is 5.75 Å². The summed E-state index contributed by atoms with van der Waals surface area (Å²) >= 11 is 3.97. The van der Waals surface area contributed by atoms with Crippen LogP contribution in [0.5, 0.6) is 0 Å². The van der Waals surface area contributed by atoms with Crippen LogP contribution in [-0.2, 0) is 33.2 Å². The topological polar surface area (TPSA) is 295 Å². The summed E-state index contributed by atoms with van der Waals surface area (Å²) < 4.78 is 31.9. The molecule has 3 unspecified atom stereocenters. The Morgan fingerprint density at radius 1 is 1.05 bits per heavy atom. The summed E-state index contributed by atoms with van der Waals surface area (Å²) in [6.45, 7) is -0.876. The Kier molecular flexibility index (Phi) is 14.7. The van der Waals surface area contributed by atoms with Gasteiger partial charge >= 0.3 is 5.97 Å². The number of rotatable bonds is 11. The van der Waals surface area contributed by atoms with Crippen LogP contribution in [0.4, 0.5) is 0 Å². The zero-order valence-corrected chi connectivity index (χ0v) is 23.6. The molecular weight excluding hydrogens is 596 g/mol. The van der Waals surface area contributed by atoms with E-state index in [1.807, 2.05) is 0 Å². The SMILES string of the molecule is C[C@H]1CO[C@@](O[C@]2(O)COC(O[C@@H]3C(CO)OC(OCCS)[C@@H](O)[C@H]3O)[C@@H](O)[C@H]2O)(C(=O)O)C[C@H]1O.OCC(O)CO. The highest BCUT2D eigenvalue weighted by atomic mass is 32.1. The van der Waals surface area contributed by atoms with Gasteiger partial charge in [0.2, 0.25) is 5.79 Å². The van der Waals surface area contributed by atoms with Crippen molar-refractivity contribution in [2.24, 2.45) is 5.92 Å². The van der Waals surface area contributed by atoms with Gasteiger partial charge in [0.1, 0.15) is 49.3 Å². The van der Waals surface area contributed by atoms with Crippen LogP contribution in [0.15, 0.2) is 0 Å². The molecule has 3 rings (SSSR count). The highest BCUT2D eigenvalue weighted by molar-refractivity contribution is 7.80. The number of aliphatic hydroxyl groups is 10. The standard InChI is InChI=1S/C20H34O15S.C3H8O3/c1-8-6-32-20(18(27)28,4-9(8)22)35-19(29)7-31-17(13(25)15(19)26)34-14-10(5-21)33-16(30-2-3-36)12(24)11(14)23;4-1-3(6)2-5/h8-17,21-26,29,36H,2-7H2,1H3,(H,27,28);3-6H,1-2H2/t8-,9+,10?,11+,12-,13-,14+,15+,16?,17?,19+,20-;/m0./s1. The maximum absolute atomic E-state index is 11.9. The Hall–Kier alpha value is -0.820. The number of ether oxygens (including phenoxy) is 6. The summed E-state index contributed by atoms with van der Waals surface area (Å²) in [7, 11) is 0. The number of thiol groups is 1. The van der Waals surface area contributed by atoms with Crippen molar-refractivity contribution in [2.75, 3.05) is 45.4 Å². The first-order valence-electron chi connectivity index (χ1n) is 13.1. The van der Waals surface area contributed by atoms with Crippen LogP contribution in [-0.4, -0.2) is 181 Å². The van der Waals surface area contributed by atoms with Crippen LogP contribution in [0.1, 0.15) is 13.3 Å². The van der Waals surface area contributed by atoms with E-state index in [9.17, 15) is 45.6 Å². The summed E-state index contributed by atoms with van der Waals surface area (Å²) in [6.07, 6.45) is -16.0. The van der Waals surface area contributed by atoms with E-state index in [4.69, 9.17) is 43.7 Å². The molecule has 3 heterocycles. The molecule has 3 aliphatic heterocycles. The van der Waals surface area contributed by atoms with E-state index in [2.05, 4.69) is 12.6 Å². The molecule has 0 aromatic carbocycles. The van der Waals surface area contributed by atoms with Crippen molar-refractivity contribution >= 4 is 18.6 Å². The third kappa shape index (κ3) is 8.88. The largest absolute Gasteiger partial charge is 0.477 e. The van der Waals surface area contributed by atoms with Crippen LogP contribution in [0.25, 0.3) is 0 Å². The lowest BCUT2D eigenvalue weighted by Crippen LogP contribution is -2.69. The molecule has 0 spiro atoms. The van der Waals surface area contributed by atoms with Crippen molar-refractivity contribution in [3.05, 3.63) is 0 Å². The van der Waals surface area contributed by atoms with E-state index >= 15 is 0 Å².